The molecule has 0 bridgehead atoms. The van der Waals surface area contributed by atoms with E-state index in [0.717, 1.165) is 31.5 Å². The Morgan fingerprint density at radius 3 is 2.68 bits per heavy atom. The molecule has 5 rings (SSSR count). The highest BCUT2D eigenvalue weighted by Crippen LogP contribution is 2.61. The standard InChI is InChI=1S/C24H32N2OS/c1-2-4-20(5-3-1)22-17-25-23(28-22)7-6-21-16-24(21)10-12-26(13-11-24)18-19-8-14-27-15-9-19/h1-5,17,19,21H,6-16,18H2. The second-order valence-corrected chi connectivity index (χ2v) is 10.3. The molecule has 1 spiro atoms. The van der Waals surface area contributed by atoms with E-state index in [2.05, 4.69) is 41.4 Å². The molecule has 1 aromatic heterocycles. The fourth-order valence-corrected chi connectivity index (χ4v) is 6.33. The van der Waals surface area contributed by atoms with E-state index in [1.807, 2.05) is 11.3 Å². The lowest BCUT2D eigenvalue weighted by Crippen LogP contribution is -2.39. The van der Waals surface area contributed by atoms with Crippen LogP contribution in [-0.4, -0.2) is 42.7 Å². The predicted molar refractivity (Wildman–Crippen MR) is 116 cm³/mol. The third-order valence-electron chi connectivity index (χ3n) is 7.39. The first-order chi connectivity index (χ1) is 13.8. The van der Waals surface area contributed by atoms with Crippen LogP contribution in [0.25, 0.3) is 10.4 Å². The first kappa shape index (κ1) is 18.8. The van der Waals surface area contributed by atoms with Crippen molar-refractivity contribution < 1.29 is 4.74 Å². The van der Waals surface area contributed by atoms with Gasteiger partial charge >= 0.3 is 0 Å². The fraction of sp³-hybridized carbons (Fsp3) is 0.625. The van der Waals surface area contributed by atoms with Crippen LogP contribution in [0, 0.1) is 17.3 Å². The average Bonchev–Trinajstić information content (AvgIpc) is 3.19. The summed E-state index contributed by atoms with van der Waals surface area (Å²) in [6.07, 6.45) is 11.4. The highest BCUT2D eigenvalue weighted by molar-refractivity contribution is 7.15. The zero-order chi connectivity index (χ0) is 18.8. The maximum absolute atomic E-state index is 5.51. The molecule has 150 valence electrons. The minimum Gasteiger partial charge on any atom is -0.381 e. The Kier molecular flexibility index (Phi) is 5.53. The van der Waals surface area contributed by atoms with E-state index in [1.165, 1.54) is 73.6 Å². The summed E-state index contributed by atoms with van der Waals surface area (Å²) >= 11 is 1.88. The smallest absolute Gasteiger partial charge is 0.0931 e. The number of aryl methyl sites for hydroxylation is 1. The number of nitrogens with zero attached hydrogens (tertiary/aromatic N) is 2. The molecule has 3 nitrogen and oxygen atoms in total. The molecule has 2 saturated heterocycles. The van der Waals surface area contributed by atoms with Gasteiger partial charge in [-0.3, -0.25) is 0 Å². The van der Waals surface area contributed by atoms with Gasteiger partial charge in [0.05, 0.1) is 9.88 Å². The molecule has 1 aliphatic carbocycles. The van der Waals surface area contributed by atoms with Gasteiger partial charge in [-0.1, -0.05) is 30.3 Å². The van der Waals surface area contributed by atoms with E-state index in [0.29, 0.717) is 5.41 Å². The van der Waals surface area contributed by atoms with Crippen molar-refractivity contribution in [1.82, 2.24) is 9.88 Å². The molecule has 3 aliphatic rings. The van der Waals surface area contributed by atoms with Crippen molar-refractivity contribution in [1.29, 1.82) is 0 Å². The van der Waals surface area contributed by atoms with Crippen molar-refractivity contribution in [2.75, 3.05) is 32.8 Å². The first-order valence-corrected chi connectivity index (χ1v) is 11.9. The van der Waals surface area contributed by atoms with E-state index >= 15 is 0 Å². The van der Waals surface area contributed by atoms with Crippen LogP contribution in [0.4, 0.5) is 0 Å². The minimum atomic E-state index is 0.686. The molecule has 28 heavy (non-hydrogen) atoms. The molecular weight excluding hydrogens is 364 g/mol. The number of aromatic nitrogens is 1. The van der Waals surface area contributed by atoms with E-state index in [-0.39, 0.29) is 0 Å². The second kappa shape index (κ2) is 8.25. The summed E-state index contributed by atoms with van der Waals surface area (Å²) < 4.78 is 5.51. The normalized spacial score (nSPS) is 25.2. The Morgan fingerprint density at radius 2 is 1.89 bits per heavy atom. The summed E-state index contributed by atoms with van der Waals surface area (Å²) in [6.45, 7) is 5.92. The number of ether oxygens (including phenoxy) is 1. The van der Waals surface area contributed by atoms with Crippen molar-refractivity contribution in [2.45, 2.75) is 44.9 Å². The predicted octanol–water partition coefficient (Wildman–Crippen LogP) is 5.27. The topological polar surface area (TPSA) is 25.4 Å². The Balaban J connectivity index is 1.07. The zero-order valence-corrected chi connectivity index (χ0v) is 17.6. The molecule has 3 heterocycles. The monoisotopic (exact) mass is 396 g/mol. The third kappa shape index (κ3) is 4.19. The van der Waals surface area contributed by atoms with Gasteiger partial charge in [0.1, 0.15) is 0 Å². The van der Waals surface area contributed by atoms with Crippen LogP contribution >= 0.6 is 11.3 Å². The molecule has 0 radical (unpaired) electrons. The number of likely N-dealkylation sites (tertiary alicyclic amines) is 1. The van der Waals surface area contributed by atoms with Gasteiger partial charge in [-0.2, -0.15) is 0 Å². The number of benzene rings is 1. The van der Waals surface area contributed by atoms with E-state index < -0.39 is 0 Å². The van der Waals surface area contributed by atoms with Gasteiger partial charge in [0.2, 0.25) is 0 Å². The van der Waals surface area contributed by atoms with Crippen LogP contribution in [0.15, 0.2) is 36.5 Å². The van der Waals surface area contributed by atoms with Crippen LogP contribution in [0.3, 0.4) is 0 Å². The van der Waals surface area contributed by atoms with E-state index in [4.69, 9.17) is 9.72 Å². The number of hydrogen-bond acceptors (Lipinski definition) is 4. The summed E-state index contributed by atoms with van der Waals surface area (Å²) in [5.74, 6) is 1.82. The highest BCUT2D eigenvalue weighted by atomic mass is 32.1. The van der Waals surface area contributed by atoms with Crippen LogP contribution in [0.2, 0.25) is 0 Å². The highest BCUT2D eigenvalue weighted by Gasteiger charge is 2.53. The molecule has 1 atom stereocenters. The van der Waals surface area contributed by atoms with Crippen molar-refractivity contribution in [3.05, 3.63) is 41.5 Å². The quantitative estimate of drug-likeness (QED) is 0.665. The van der Waals surface area contributed by atoms with E-state index in [1.54, 1.807) is 0 Å². The SMILES string of the molecule is c1ccc(-c2cnc(CCC3CC34CCN(CC3CCOCC3)CC4)s2)cc1. The summed E-state index contributed by atoms with van der Waals surface area (Å²) in [4.78, 5) is 8.75. The molecule has 2 aliphatic heterocycles. The van der Waals surface area contributed by atoms with Gasteiger partial charge in [-0.15, -0.1) is 11.3 Å². The molecule has 1 aromatic carbocycles. The zero-order valence-electron chi connectivity index (χ0n) is 16.8. The second-order valence-electron chi connectivity index (χ2n) is 9.14. The molecule has 2 aromatic rings. The van der Waals surface area contributed by atoms with E-state index in [9.17, 15) is 0 Å². The summed E-state index contributed by atoms with van der Waals surface area (Å²) in [5, 5.41) is 1.32. The van der Waals surface area contributed by atoms with Gasteiger partial charge in [0.15, 0.2) is 0 Å². The summed E-state index contributed by atoms with van der Waals surface area (Å²) in [6, 6.07) is 10.7. The number of rotatable bonds is 6. The molecule has 0 N–H and O–H groups in total. The Bertz CT molecular complexity index is 760. The molecular formula is C24H32N2OS. The van der Waals surface area contributed by atoms with Gasteiger partial charge in [-0.25, -0.2) is 4.98 Å². The van der Waals surface area contributed by atoms with Crippen molar-refractivity contribution in [2.24, 2.45) is 17.3 Å². The maximum atomic E-state index is 5.51. The average molecular weight is 397 g/mol. The molecule has 3 fully saturated rings. The minimum absolute atomic E-state index is 0.686. The molecule has 4 heteroatoms. The number of piperidine rings is 1. The summed E-state index contributed by atoms with van der Waals surface area (Å²) in [7, 11) is 0. The van der Waals surface area contributed by atoms with Gasteiger partial charge in [-0.05, 0) is 80.8 Å². The largest absolute Gasteiger partial charge is 0.381 e. The maximum Gasteiger partial charge on any atom is 0.0931 e. The van der Waals surface area contributed by atoms with Gasteiger partial charge in [0, 0.05) is 26.0 Å². The Labute approximate surface area is 173 Å². The lowest BCUT2D eigenvalue weighted by atomic mass is 9.88. The fourth-order valence-electron chi connectivity index (χ4n) is 5.39. The van der Waals surface area contributed by atoms with Crippen LogP contribution < -0.4 is 0 Å². The Hall–Kier alpha value is -1.23. The van der Waals surface area contributed by atoms with Gasteiger partial charge < -0.3 is 9.64 Å². The molecule has 0 amide bonds. The van der Waals surface area contributed by atoms with Crippen LogP contribution in [-0.2, 0) is 11.2 Å². The van der Waals surface area contributed by atoms with Crippen LogP contribution in [0.1, 0.15) is 43.5 Å². The van der Waals surface area contributed by atoms with Crippen molar-refractivity contribution in [3.63, 3.8) is 0 Å². The lowest BCUT2D eigenvalue weighted by molar-refractivity contribution is 0.0447. The number of hydrogen-bond donors (Lipinski definition) is 0. The lowest BCUT2D eigenvalue weighted by Gasteiger charge is -2.36. The Morgan fingerprint density at radius 1 is 1.11 bits per heavy atom. The van der Waals surface area contributed by atoms with Crippen molar-refractivity contribution >= 4 is 11.3 Å². The first-order valence-electron chi connectivity index (χ1n) is 11.1. The molecule has 1 saturated carbocycles. The van der Waals surface area contributed by atoms with Crippen LogP contribution in [0.5, 0.6) is 0 Å². The number of thiazole rings is 1. The molecule has 1 unspecified atom stereocenters. The summed E-state index contributed by atoms with van der Waals surface area (Å²) in [5.41, 5.74) is 1.98. The van der Waals surface area contributed by atoms with Crippen molar-refractivity contribution in [3.8, 4) is 10.4 Å². The third-order valence-corrected chi connectivity index (χ3v) is 8.49. The van der Waals surface area contributed by atoms with Gasteiger partial charge in [0.25, 0.3) is 0 Å².